The first-order valence-electron chi connectivity index (χ1n) is 9.66. The van der Waals surface area contributed by atoms with Gasteiger partial charge in [-0.2, -0.15) is 0 Å². The Balaban J connectivity index is 1.43. The molecule has 0 saturated carbocycles. The number of carbonyl (C=O) groups is 1. The summed E-state index contributed by atoms with van der Waals surface area (Å²) in [6.07, 6.45) is 8.45. The lowest BCUT2D eigenvalue weighted by molar-refractivity contribution is 0.0499. The van der Waals surface area contributed by atoms with Crippen LogP contribution in [0.5, 0.6) is 5.75 Å². The van der Waals surface area contributed by atoms with Gasteiger partial charge in [0.2, 0.25) is 0 Å². The van der Waals surface area contributed by atoms with Crippen LogP contribution in [0.2, 0.25) is 5.02 Å². The van der Waals surface area contributed by atoms with Crippen molar-refractivity contribution in [3.05, 3.63) is 71.1 Å². The summed E-state index contributed by atoms with van der Waals surface area (Å²) in [4.78, 5) is 22.9. The molecule has 1 atom stereocenters. The molecule has 0 aromatic carbocycles. The summed E-state index contributed by atoms with van der Waals surface area (Å²) in [5.74, 6) is 0.713. The average molecular weight is 429 g/mol. The van der Waals surface area contributed by atoms with E-state index < -0.39 is 0 Å². The van der Waals surface area contributed by atoms with Gasteiger partial charge in [-0.3, -0.25) is 14.8 Å². The summed E-state index contributed by atoms with van der Waals surface area (Å²) in [6, 6.07) is 7.01. The normalized spacial score (nSPS) is 15.8. The van der Waals surface area contributed by atoms with Crippen molar-refractivity contribution in [3.8, 4) is 5.75 Å². The molecule has 0 spiro atoms. The van der Waals surface area contributed by atoms with Crippen molar-refractivity contribution in [2.24, 2.45) is 0 Å². The summed E-state index contributed by atoms with van der Waals surface area (Å²) >= 11 is 5.90. The summed E-state index contributed by atoms with van der Waals surface area (Å²) in [6.45, 7) is 1.77. The molecule has 0 N–H and O–H groups in total. The first-order chi connectivity index (χ1) is 14.7. The number of pyridine rings is 2. The maximum absolute atomic E-state index is 13.1. The molecule has 156 valence electrons. The van der Waals surface area contributed by atoms with Gasteiger partial charge in [0.25, 0.3) is 5.91 Å². The highest BCUT2D eigenvalue weighted by Crippen LogP contribution is 2.19. The second-order valence-electron chi connectivity index (χ2n) is 6.98. The van der Waals surface area contributed by atoms with Crippen molar-refractivity contribution < 1.29 is 18.8 Å². The third-order valence-electron chi connectivity index (χ3n) is 4.70. The van der Waals surface area contributed by atoms with Crippen LogP contribution in [0.1, 0.15) is 34.7 Å². The largest absolute Gasteiger partial charge is 0.484 e. The molecule has 3 aromatic heterocycles. The Morgan fingerprint density at radius 3 is 2.87 bits per heavy atom. The molecule has 9 heteroatoms. The van der Waals surface area contributed by atoms with Crippen LogP contribution in [0, 0.1) is 0 Å². The number of nitrogens with zero attached hydrogens (tertiary/aromatic N) is 4. The van der Waals surface area contributed by atoms with Gasteiger partial charge in [0.05, 0.1) is 17.3 Å². The molecular weight excluding hydrogens is 408 g/mol. The monoisotopic (exact) mass is 428 g/mol. The van der Waals surface area contributed by atoms with Crippen LogP contribution in [0.15, 0.2) is 53.6 Å². The van der Waals surface area contributed by atoms with Crippen molar-refractivity contribution in [1.82, 2.24) is 20.0 Å². The second kappa shape index (κ2) is 9.69. The van der Waals surface area contributed by atoms with Crippen LogP contribution < -0.4 is 4.74 Å². The van der Waals surface area contributed by atoms with Gasteiger partial charge in [0.1, 0.15) is 12.4 Å². The minimum Gasteiger partial charge on any atom is -0.484 e. The molecule has 0 aliphatic carbocycles. The highest BCUT2D eigenvalue weighted by atomic mass is 35.5. The van der Waals surface area contributed by atoms with Crippen LogP contribution in [0.25, 0.3) is 0 Å². The summed E-state index contributed by atoms with van der Waals surface area (Å²) < 4.78 is 16.6. The van der Waals surface area contributed by atoms with E-state index in [4.69, 9.17) is 25.6 Å². The molecule has 1 fully saturated rings. The fraction of sp³-hybridized carbons (Fsp3) is 0.333. The van der Waals surface area contributed by atoms with Gasteiger partial charge >= 0.3 is 0 Å². The Morgan fingerprint density at radius 2 is 2.10 bits per heavy atom. The van der Waals surface area contributed by atoms with E-state index in [0.717, 1.165) is 25.0 Å². The number of hydrogen-bond acceptors (Lipinski definition) is 7. The van der Waals surface area contributed by atoms with Gasteiger partial charge in [-0.1, -0.05) is 16.8 Å². The molecule has 0 unspecified atom stereocenters. The van der Waals surface area contributed by atoms with E-state index in [1.807, 2.05) is 12.1 Å². The van der Waals surface area contributed by atoms with Crippen LogP contribution in [-0.4, -0.2) is 45.2 Å². The van der Waals surface area contributed by atoms with E-state index >= 15 is 0 Å². The second-order valence-corrected chi connectivity index (χ2v) is 7.42. The molecule has 0 bridgehead atoms. The van der Waals surface area contributed by atoms with E-state index in [9.17, 15) is 4.79 Å². The fourth-order valence-electron chi connectivity index (χ4n) is 3.23. The summed E-state index contributed by atoms with van der Waals surface area (Å²) in [5.41, 5.74) is 1.21. The maximum Gasteiger partial charge on any atom is 0.276 e. The molecule has 0 radical (unpaired) electrons. The average Bonchev–Trinajstić information content (AvgIpc) is 3.44. The Morgan fingerprint density at radius 1 is 1.23 bits per heavy atom. The van der Waals surface area contributed by atoms with Gasteiger partial charge in [-0.05, 0) is 30.5 Å². The molecular formula is C21H21ClN4O4. The van der Waals surface area contributed by atoms with Gasteiger partial charge in [0, 0.05) is 50.4 Å². The molecule has 1 amide bonds. The minimum absolute atomic E-state index is 0.0285. The summed E-state index contributed by atoms with van der Waals surface area (Å²) in [5, 5.41) is 4.42. The van der Waals surface area contributed by atoms with Crippen molar-refractivity contribution in [2.75, 3.05) is 13.2 Å². The zero-order valence-electron chi connectivity index (χ0n) is 16.2. The third kappa shape index (κ3) is 5.34. The number of halogens is 1. The minimum atomic E-state index is -0.221. The standard InChI is InChI=1S/C21H21ClN4O4/c22-16-8-18(11-24-10-16)29-14-19-9-20(25-30-19)21(27)26(13-17-2-1-7-28-17)12-15-3-5-23-6-4-15/h3-6,8-11,17H,1-2,7,12-14H2/t17-/m1/s1. The van der Waals surface area contributed by atoms with Crippen molar-refractivity contribution in [2.45, 2.75) is 32.1 Å². The van der Waals surface area contributed by atoms with Crippen LogP contribution >= 0.6 is 11.6 Å². The van der Waals surface area contributed by atoms with Crippen LogP contribution in [0.3, 0.4) is 0 Å². The maximum atomic E-state index is 13.1. The zero-order valence-corrected chi connectivity index (χ0v) is 17.0. The molecule has 30 heavy (non-hydrogen) atoms. The zero-order chi connectivity index (χ0) is 20.8. The van der Waals surface area contributed by atoms with Crippen LogP contribution in [0.4, 0.5) is 0 Å². The molecule has 3 aromatic rings. The van der Waals surface area contributed by atoms with Crippen LogP contribution in [-0.2, 0) is 17.9 Å². The smallest absolute Gasteiger partial charge is 0.276 e. The van der Waals surface area contributed by atoms with E-state index in [0.29, 0.717) is 29.6 Å². The van der Waals surface area contributed by atoms with E-state index in [2.05, 4.69) is 15.1 Å². The number of amides is 1. The Kier molecular flexibility index (Phi) is 6.56. The first-order valence-corrected chi connectivity index (χ1v) is 10.0. The molecule has 1 aliphatic heterocycles. The first kappa shape index (κ1) is 20.3. The van der Waals surface area contributed by atoms with E-state index in [1.165, 1.54) is 6.20 Å². The van der Waals surface area contributed by atoms with Gasteiger partial charge < -0.3 is 18.9 Å². The van der Waals surface area contributed by atoms with Gasteiger partial charge in [0.15, 0.2) is 11.5 Å². The number of ether oxygens (including phenoxy) is 2. The molecule has 4 heterocycles. The molecule has 4 rings (SSSR count). The Labute approximate surface area is 178 Å². The Bertz CT molecular complexity index is 976. The van der Waals surface area contributed by atoms with E-state index in [1.54, 1.807) is 35.6 Å². The predicted octanol–water partition coefficient (Wildman–Crippen LogP) is 3.52. The van der Waals surface area contributed by atoms with Crippen molar-refractivity contribution >= 4 is 17.5 Å². The molecule has 1 saturated heterocycles. The van der Waals surface area contributed by atoms with Gasteiger partial charge in [-0.15, -0.1) is 0 Å². The van der Waals surface area contributed by atoms with Crippen molar-refractivity contribution in [1.29, 1.82) is 0 Å². The lowest BCUT2D eigenvalue weighted by Crippen LogP contribution is -2.37. The van der Waals surface area contributed by atoms with E-state index in [-0.39, 0.29) is 24.3 Å². The highest BCUT2D eigenvalue weighted by Gasteiger charge is 2.26. The highest BCUT2D eigenvalue weighted by molar-refractivity contribution is 6.30. The molecule has 8 nitrogen and oxygen atoms in total. The number of rotatable bonds is 8. The number of carbonyl (C=O) groups excluding carboxylic acids is 1. The number of aromatic nitrogens is 3. The third-order valence-corrected chi connectivity index (χ3v) is 4.90. The number of hydrogen-bond donors (Lipinski definition) is 0. The topological polar surface area (TPSA) is 90.6 Å². The lowest BCUT2D eigenvalue weighted by atomic mass is 10.2. The predicted molar refractivity (Wildman–Crippen MR) is 108 cm³/mol. The van der Waals surface area contributed by atoms with Gasteiger partial charge in [-0.25, -0.2) is 0 Å². The SMILES string of the molecule is O=C(c1cc(COc2cncc(Cl)c2)on1)N(Cc1ccncc1)C[C@H]1CCCO1. The molecule has 1 aliphatic rings. The fourth-order valence-corrected chi connectivity index (χ4v) is 3.40. The quantitative estimate of drug-likeness (QED) is 0.542. The summed E-state index contributed by atoms with van der Waals surface area (Å²) in [7, 11) is 0. The van der Waals surface area contributed by atoms with Crippen molar-refractivity contribution in [3.63, 3.8) is 0 Å². The Hall–Kier alpha value is -2.97. The lowest BCUT2D eigenvalue weighted by Gasteiger charge is -2.24.